The standard InChI is InChI=1S/C12H17N5O2/c1-3-6-15-7-5-11(18)16(12(15)19)8-10-13-9-14-17(10)4-2/h5,7,9H,3-4,6,8H2,1-2H3. The molecule has 0 saturated heterocycles. The van der Waals surface area contributed by atoms with E-state index in [0.29, 0.717) is 18.9 Å². The molecular weight excluding hydrogens is 246 g/mol. The molecule has 7 heteroatoms. The summed E-state index contributed by atoms with van der Waals surface area (Å²) < 4.78 is 4.39. The Morgan fingerprint density at radius 2 is 2.05 bits per heavy atom. The zero-order chi connectivity index (χ0) is 13.8. The van der Waals surface area contributed by atoms with E-state index >= 15 is 0 Å². The van der Waals surface area contributed by atoms with Crippen LogP contribution in [-0.2, 0) is 19.6 Å². The SMILES string of the molecule is CCCn1ccc(=O)n(Cc2ncnn2CC)c1=O. The molecule has 102 valence electrons. The third kappa shape index (κ3) is 2.64. The quantitative estimate of drug-likeness (QED) is 0.765. The van der Waals surface area contributed by atoms with Crippen LogP contribution in [0.25, 0.3) is 0 Å². The van der Waals surface area contributed by atoms with Crippen molar-refractivity contribution in [2.24, 2.45) is 0 Å². The van der Waals surface area contributed by atoms with Gasteiger partial charge in [-0.1, -0.05) is 6.92 Å². The van der Waals surface area contributed by atoms with E-state index in [2.05, 4.69) is 10.1 Å². The van der Waals surface area contributed by atoms with E-state index in [1.807, 2.05) is 13.8 Å². The lowest BCUT2D eigenvalue weighted by molar-refractivity contribution is 0.536. The lowest BCUT2D eigenvalue weighted by atomic mass is 10.4. The summed E-state index contributed by atoms with van der Waals surface area (Å²) in [5.41, 5.74) is -0.622. The summed E-state index contributed by atoms with van der Waals surface area (Å²) in [4.78, 5) is 28.1. The Morgan fingerprint density at radius 3 is 2.74 bits per heavy atom. The molecule has 0 saturated carbocycles. The fraction of sp³-hybridized carbons (Fsp3) is 0.500. The predicted molar refractivity (Wildman–Crippen MR) is 70.1 cm³/mol. The third-order valence-corrected chi connectivity index (χ3v) is 2.90. The average molecular weight is 263 g/mol. The largest absolute Gasteiger partial charge is 0.331 e. The maximum absolute atomic E-state index is 12.2. The molecule has 2 heterocycles. The number of nitrogens with zero attached hydrogens (tertiary/aromatic N) is 5. The van der Waals surface area contributed by atoms with Crippen LogP contribution < -0.4 is 11.2 Å². The van der Waals surface area contributed by atoms with Crippen molar-refractivity contribution in [1.29, 1.82) is 0 Å². The van der Waals surface area contributed by atoms with Gasteiger partial charge in [-0.3, -0.25) is 9.36 Å². The Morgan fingerprint density at radius 1 is 1.26 bits per heavy atom. The van der Waals surface area contributed by atoms with Gasteiger partial charge in [-0.2, -0.15) is 5.10 Å². The molecule has 2 aromatic heterocycles. The molecular formula is C12H17N5O2. The molecule has 0 bridgehead atoms. The summed E-state index contributed by atoms with van der Waals surface area (Å²) in [6.45, 7) is 5.31. The minimum absolute atomic E-state index is 0.149. The van der Waals surface area contributed by atoms with Crippen LogP contribution in [0.5, 0.6) is 0 Å². The van der Waals surface area contributed by atoms with Crippen LogP contribution in [0.1, 0.15) is 26.1 Å². The van der Waals surface area contributed by atoms with E-state index in [9.17, 15) is 9.59 Å². The van der Waals surface area contributed by atoms with Gasteiger partial charge in [0.15, 0.2) is 0 Å². The van der Waals surface area contributed by atoms with Gasteiger partial charge in [0.1, 0.15) is 12.2 Å². The minimum Gasteiger partial charge on any atom is -0.300 e. The molecule has 0 spiro atoms. The van der Waals surface area contributed by atoms with Gasteiger partial charge >= 0.3 is 5.69 Å². The highest BCUT2D eigenvalue weighted by molar-refractivity contribution is 4.92. The van der Waals surface area contributed by atoms with Crippen molar-refractivity contribution in [3.05, 3.63) is 45.3 Å². The highest BCUT2D eigenvalue weighted by Gasteiger charge is 2.09. The molecule has 0 N–H and O–H groups in total. The molecule has 0 amide bonds. The van der Waals surface area contributed by atoms with Gasteiger partial charge < -0.3 is 4.57 Å². The maximum atomic E-state index is 12.2. The molecule has 0 aromatic carbocycles. The normalized spacial score (nSPS) is 10.8. The fourth-order valence-corrected chi connectivity index (χ4v) is 1.93. The van der Waals surface area contributed by atoms with E-state index in [1.165, 1.54) is 27.7 Å². The minimum atomic E-state index is -0.317. The van der Waals surface area contributed by atoms with Gasteiger partial charge in [0.2, 0.25) is 0 Å². The topological polar surface area (TPSA) is 74.7 Å². The second kappa shape index (κ2) is 5.64. The van der Waals surface area contributed by atoms with Crippen molar-refractivity contribution < 1.29 is 0 Å². The number of aromatic nitrogens is 5. The highest BCUT2D eigenvalue weighted by atomic mass is 16.2. The molecule has 0 aliphatic carbocycles. The van der Waals surface area contributed by atoms with E-state index < -0.39 is 0 Å². The van der Waals surface area contributed by atoms with Crippen LogP contribution in [0.4, 0.5) is 0 Å². The molecule has 7 nitrogen and oxygen atoms in total. The van der Waals surface area contributed by atoms with Crippen molar-refractivity contribution in [3.63, 3.8) is 0 Å². The van der Waals surface area contributed by atoms with E-state index in [1.54, 1.807) is 4.68 Å². The van der Waals surface area contributed by atoms with Gasteiger partial charge in [-0.15, -0.1) is 0 Å². The second-order valence-electron chi connectivity index (χ2n) is 4.21. The first-order valence-electron chi connectivity index (χ1n) is 6.34. The maximum Gasteiger partial charge on any atom is 0.331 e. The number of aryl methyl sites for hydroxylation is 2. The zero-order valence-corrected chi connectivity index (χ0v) is 11.1. The van der Waals surface area contributed by atoms with Crippen molar-refractivity contribution >= 4 is 0 Å². The van der Waals surface area contributed by atoms with Gasteiger partial charge in [0.25, 0.3) is 5.56 Å². The first kappa shape index (κ1) is 13.3. The Kier molecular flexibility index (Phi) is 3.94. The number of hydrogen-bond acceptors (Lipinski definition) is 4. The average Bonchev–Trinajstić information content (AvgIpc) is 2.85. The Balaban J connectivity index is 2.42. The monoisotopic (exact) mass is 263 g/mol. The predicted octanol–water partition coefficient (Wildman–Crippen LogP) is 0.0797. The van der Waals surface area contributed by atoms with Gasteiger partial charge in [-0.25, -0.2) is 14.5 Å². The lowest BCUT2D eigenvalue weighted by Gasteiger charge is -2.09. The van der Waals surface area contributed by atoms with E-state index in [-0.39, 0.29) is 17.8 Å². The third-order valence-electron chi connectivity index (χ3n) is 2.90. The summed E-state index contributed by atoms with van der Waals surface area (Å²) >= 11 is 0. The molecule has 19 heavy (non-hydrogen) atoms. The molecule has 0 fully saturated rings. The van der Waals surface area contributed by atoms with Crippen LogP contribution in [0, 0.1) is 0 Å². The van der Waals surface area contributed by atoms with Crippen LogP contribution in [0.2, 0.25) is 0 Å². The summed E-state index contributed by atoms with van der Waals surface area (Å²) in [6, 6.07) is 1.41. The van der Waals surface area contributed by atoms with Gasteiger partial charge in [0, 0.05) is 25.4 Å². The van der Waals surface area contributed by atoms with Gasteiger partial charge in [0.05, 0.1) is 6.54 Å². The fourth-order valence-electron chi connectivity index (χ4n) is 1.93. The number of rotatable bonds is 5. The van der Waals surface area contributed by atoms with Crippen molar-refractivity contribution in [2.45, 2.75) is 39.9 Å². The lowest BCUT2D eigenvalue weighted by Crippen LogP contribution is -2.39. The van der Waals surface area contributed by atoms with E-state index in [0.717, 1.165) is 6.42 Å². The van der Waals surface area contributed by atoms with Crippen LogP contribution in [0.3, 0.4) is 0 Å². The van der Waals surface area contributed by atoms with Crippen molar-refractivity contribution in [3.8, 4) is 0 Å². The summed E-state index contributed by atoms with van der Waals surface area (Å²) in [5, 5.41) is 4.03. The zero-order valence-electron chi connectivity index (χ0n) is 11.1. The molecule has 0 radical (unpaired) electrons. The summed E-state index contributed by atoms with van der Waals surface area (Å²) in [5.74, 6) is 0.607. The molecule has 2 aromatic rings. The summed E-state index contributed by atoms with van der Waals surface area (Å²) in [6.07, 6.45) is 3.80. The Labute approximate surface area is 110 Å². The Bertz CT molecular complexity index is 667. The second-order valence-corrected chi connectivity index (χ2v) is 4.21. The summed E-state index contributed by atoms with van der Waals surface area (Å²) in [7, 11) is 0. The number of hydrogen-bond donors (Lipinski definition) is 0. The smallest absolute Gasteiger partial charge is 0.300 e. The molecule has 0 atom stereocenters. The van der Waals surface area contributed by atoms with Crippen LogP contribution in [-0.4, -0.2) is 23.9 Å². The molecule has 0 aliphatic heterocycles. The van der Waals surface area contributed by atoms with E-state index in [4.69, 9.17) is 0 Å². The molecule has 0 unspecified atom stereocenters. The highest BCUT2D eigenvalue weighted by Crippen LogP contribution is 1.95. The first-order chi connectivity index (χ1) is 9.17. The van der Waals surface area contributed by atoms with Crippen molar-refractivity contribution in [2.75, 3.05) is 0 Å². The molecule has 2 rings (SSSR count). The first-order valence-corrected chi connectivity index (χ1v) is 6.34. The van der Waals surface area contributed by atoms with Crippen LogP contribution in [0.15, 0.2) is 28.2 Å². The van der Waals surface area contributed by atoms with Crippen LogP contribution >= 0.6 is 0 Å². The molecule has 0 aliphatic rings. The van der Waals surface area contributed by atoms with Crippen molar-refractivity contribution in [1.82, 2.24) is 23.9 Å². The van der Waals surface area contributed by atoms with Gasteiger partial charge in [-0.05, 0) is 13.3 Å². The Hall–Kier alpha value is -2.18.